The largest absolute Gasteiger partial charge is 0.339 e. The van der Waals surface area contributed by atoms with Gasteiger partial charge in [-0.3, -0.25) is 9.59 Å². The minimum atomic E-state index is 0.0662. The van der Waals surface area contributed by atoms with Crippen LogP contribution >= 0.6 is 23.2 Å². The molecule has 2 aromatic rings. The first-order valence-corrected chi connectivity index (χ1v) is 10.7. The fourth-order valence-electron chi connectivity index (χ4n) is 3.85. The molecule has 0 bridgehead atoms. The molecule has 1 aliphatic heterocycles. The summed E-state index contributed by atoms with van der Waals surface area (Å²) >= 11 is 12.3. The van der Waals surface area contributed by atoms with Gasteiger partial charge in [0.05, 0.1) is 22.8 Å². The summed E-state index contributed by atoms with van der Waals surface area (Å²) in [5, 5.41) is 5.67. The summed E-state index contributed by atoms with van der Waals surface area (Å²) in [7, 11) is 0. The third kappa shape index (κ3) is 4.14. The van der Waals surface area contributed by atoms with Crippen LogP contribution in [0.4, 0.5) is 0 Å². The Balaban J connectivity index is 1.45. The zero-order chi connectivity index (χ0) is 20.7. The topological polar surface area (TPSA) is 58.4 Å². The standard InChI is InChI=1S/C21H24Cl2N4O2/c1-13-17(14(2)27(24-13)19-6-5-16(22)11-18(19)23)12-20(28)25-7-9-26(10-8-25)21(29)15-3-4-15/h5-6,11,15H,3-4,7-10,12H2,1-2H3. The number of halogens is 2. The van der Waals surface area contributed by atoms with E-state index in [1.54, 1.807) is 16.8 Å². The molecule has 29 heavy (non-hydrogen) atoms. The summed E-state index contributed by atoms with van der Waals surface area (Å²) in [5.41, 5.74) is 3.35. The van der Waals surface area contributed by atoms with Crippen molar-refractivity contribution in [1.29, 1.82) is 0 Å². The van der Waals surface area contributed by atoms with Gasteiger partial charge in [-0.25, -0.2) is 4.68 Å². The highest BCUT2D eigenvalue weighted by molar-refractivity contribution is 6.35. The molecule has 1 aromatic heterocycles. The number of aromatic nitrogens is 2. The Morgan fingerprint density at radius 2 is 1.72 bits per heavy atom. The van der Waals surface area contributed by atoms with Gasteiger partial charge in [0.1, 0.15) is 0 Å². The highest BCUT2D eigenvalue weighted by Crippen LogP contribution is 2.31. The molecule has 8 heteroatoms. The summed E-state index contributed by atoms with van der Waals surface area (Å²) in [6, 6.07) is 5.28. The highest BCUT2D eigenvalue weighted by atomic mass is 35.5. The number of hydrogen-bond acceptors (Lipinski definition) is 3. The monoisotopic (exact) mass is 434 g/mol. The van der Waals surface area contributed by atoms with Gasteiger partial charge in [0, 0.05) is 48.4 Å². The molecule has 0 atom stereocenters. The Hall–Kier alpha value is -2.05. The van der Waals surface area contributed by atoms with Crippen LogP contribution in [0.1, 0.15) is 29.8 Å². The fourth-order valence-corrected chi connectivity index (χ4v) is 4.33. The van der Waals surface area contributed by atoms with Gasteiger partial charge < -0.3 is 9.80 Å². The molecular formula is C21H24Cl2N4O2. The second-order valence-corrected chi connectivity index (χ2v) is 8.66. The second-order valence-electron chi connectivity index (χ2n) is 7.81. The quantitative estimate of drug-likeness (QED) is 0.740. The van der Waals surface area contributed by atoms with Crippen LogP contribution in [0.3, 0.4) is 0 Å². The van der Waals surface area contributed by atoms with E-state index in [9.17, 15) is 9.59 Å². The number of amides is 2. The first-order chi connectivity index (χ1) is 13.8. The molecule has 0 spiro atoms. The van der Waals surface area contributed by atoms with Gasteiger partial charge in [-0.2, -0.15) is 5.10 Å². The molecule has 2 aliphatic rings. The maximum atomic E-state index is 12.9. The van der Waals surface area contributed by atoms with Crippen molar-refractivity contribution in [1.82, 2.24) is 19.6 Å². The van der Waals surface area contributed by atoms with E-state index in [1.807, 2.05) is 29.7 Å². The zero-order valence-corrected chi connectivity index (χ0v) is 18.1. The van der Waals surface area contributed by atoms with Crippen LogP contribution in [0.25, 0.3) is 5.69 Å². The number of nitrogens with zero attached hydrogens (tertiary/aromatic N) is 4. The Kier molecular flexibility index (Phi) is 5.58. The first-order valence-electron chi connectivity index (χ1n) is 9.92. The lowest BCUT2D eigenvalue weighted by Crippen LogP contribution is -2.51. The second kappa shape index (κ2) is 8.00. The minimum absolute atomic E-state index is 0.0662. The molecule has 6 nitrogen and oxygen atoms in total. The van der Waals surface area contributed by atoms with Crippen molar-refractivity contribution in [2.45, 2.75) is 33.1 Å². The van der Waals surface area contributed by atoms with Crippen LogP contribution < -0.4 is 0 Å². The number of piperazine rings is 1. The van der Waals surface area contributed by atoms with Gasteiger partial charge in [-0.05, 0) is 44.9 Å². The Labute approximate surface area is 180 Å². The summed E-state index contributed by atoms with van der Waals surface area (Å²) in [6.07, 6.45) is 2.32. The maximum absolute atomic E-state index is 12.9. The van der Waals surface area contributed by atoms with Crippen molar-refractivity contribution in [3.05, 3.63) is 45.2 Å². The fraction of sp³-hybridized carbons (Fsp3) is 0.476. The SMILES string of the molecule is Cc1nn(-c2ccc(Cl)cc2Cl)c(C)c1CC(=O)N1CCN(C(=O)C2CC2)CC1. The van der Waals surface area contributed by atoms with Crippen LogP contribution in [0, 0.1) is 19.8 Å². The van der Waals surface area contributed by atoms with E-state index in [2.05, 4.69) is 5.10 Å². The van der Waals surface area contributed by atoms with Crippen molar-refractivity contribution in [2.75, 3.05) is 26.2 Å². The molecular weight excluding hydrogens is 411 g/mol. The smallest absolute Gasteiger partial charge is 0.227 e. The van der Waals surface area contributed by atoms with E-state index in [4.69, 9.17) is 23.2 Å². The molecule has 1 aliphatic carbocycles. The minimum Gasteiger partial charge on any atom is -0.339 e. The molecule has 2 heterocycles. The number of benzene rings is 1. The van der Waals surface area contributed by atoms with E-state index in [0.717, 1.165) is 35.5 Å². The Morgan fingerprint density at radius 1 is 1.07 bits per heavy atom. The van der Waals surface area contributed by atoms with Crippen LogP contribution in [-0.2, 0) is 16.0 Å². The lowest BCUT2D eigenvalue weighted by atomic mass is 10.1. The van der Waals surface area contributed by atoms with Gasteiger partial charge in [0.25, 0.3) is 0 Å². The normalized spacial score (nSPS) is 17.0. The molecule has 4 rings (SSSR count). The molecule has 154 valence electrons. The number of carbonyl (C=O) groups excluding carboxylic acids is 2. The Bertz CT molecular complexity index is 960. The predicted octanol–water partition coefficient (Wildman–Crippen LogP) is 3.42. The van der Waals surface area contributed by atoms with Gasteiger partial charge in [-0.1, -0.05) is 23.2 Å². The van der Waals surface area contributed by atoms with Crippen molar-refractivity contribution in [2.24, 2.45) is 5.92 Å². The summed E-state index contributed by atoms with van der Waals surface area (Å²) in [6.45, 7) is 6.28. The van der Waals surface area contributed by atoms with E-state index >= 15 is 0 Å². The molecule has 0 N–H and O–H groups in total. The van der Waals surface area contributed by atoms with E-state index in [0.29, 0.717) is 42.6 Å². The highest BCUT2D eigenvalue weighted by Gasteiger charge is 2.35. The number of carbonyl (C=O) groups is 2. The number of hydrogen-bond donors (Lipinski definition) is 0. The number of rotatable bonds is 4. The van der Waals surface area contributed by atoms with Gasteiger partial charge in [0.15, 0.2) is 0 Å². The lowest BCUT2D eigenvalue weighted by molar-refractivity contribution is -0.140. The molecule has 2 fully saturated rings. The summed E-state index contributed by atoms with van der Waals surface area (Å²) in [5.74, 6) is 0.550. The average molecular weight is 435 g/mol. The maximum Gasteiger partial charge on any atom is 0.227 e. The Morgan fingerprint density at radius 3 is 2.34 bits per heavy atom. The molecule has 2 amide bonds. The predicted molar refractivity (Wildman–Crippen MR) is 113 cm³/mol. The van der Waals surface area contributed by atoms with Crippen molar-refractivity contribution >= 4 is 35.0 Å². The van der Waals surface area contributed by atoms with Crippen LogP contribution in [0.15, 0.2) is 18.2 Å². The third-order valence-electron chi connectivity index (χ3n) is 5.78. The van der Waals surface area contributed by atoms with Gasteiger partial charge >= 0.3 is 0 Å². The molecule has 1 saturated heterocycles. The van der Waals surface area contributed by atoms with Crippen LogP contribution in [0.2, 0.25) is 10.0 Å². The van der Waals surface area contributed by atoms with Gasteiger partial charge in [-0.15, -0.1) is 0 Å². The van der Waals surface area contributed by atoms with E-state index < -0.39 is 0 Å². The van der Waals surface area contributed by atoms with E-state index in [1.165, 1.54) is 0 Å². The number of aryl methyl sites for hydroxylation is 1. The third-order valence-corrected chi connectivity index (χ3v) is 6.32. The average Bonchev–Trinajstić information content (AvgIpc) is 3.51. The lowest BCUT2D eigenvalue weighted by Gasteiger charge is -2.35. The first kappa shape index (κ1) is 20.2. The van der Waals surface area contributed by atoms with Crippen LogP contribution in [-0.4, -0.2) is 57.6 Å². The van der Waals surface area contributed by atoms with Crippen molar-refractivity contribution < 1.29 is 9.59 Å². The molecule has 0 unspecified atom stereocenters. The van der Waals surface area contributed by atoms with Crippen LogP contribution in [0.5, 0.6) is 0 Å². The molecule has 1 aromatic carbocycles. The molecule has 0 radical (unpaired) electrons. The van der Waals surface area contributed by atoms with Crippen molar-refractivity contribution in [3.8, 4) is 5.69 Å². The molecule has 1 saturated carbocycles. The van der Waals surface area contributed by atoms with Gasteiger partial charge in [0.2, 0.25) is 11.8 Å². The zero-order valence-electron chi connectivity index (χ0n) is 16.6. The summed E-state index contributed by atoms with van der Waals surface area (Å²) in [4.78, 5) is 28.8. The van der Waals surface area contributed by atoms with Crippen molar-refractivity contribution in [3.63, 3.8) is 0 Å². The summed E-state index contributed by atoms with van der Waals surface area (Å²) < 4.78 is 1.77. The van der Waals surface area contributed by atoms with E-state index in [-0.39, 0.29) is 17.7 Å².